The van der Waals surface area contributed by atoms with Crippen molar-refractivity contribution >= 4 is 18.0 Å². The van der Waals surface area contributed by atoms with Gasteiger partial charge in [-0.25, -0.2) is 4.79 Å². The molecule has 1 saturated heterocycles. The highest BCUT2D eigenvalue weighted by molar-refractivity contribution is 6.01. The predicted octanol–water partition coefficient (Wildman–Crippen LogP) is -0.964. The van der Waals surface area contributed by atoms with Crippen LogP contribution in [0.15, 0.2) is 0 Å². The monoisotopic (exact) mass is 191 g/mol. The molecule has 1 heterocycles. The highest BCUT2D eigenvalue weighted by Crippen LogP contribution is 2.11. The van der Waals surface area contributed by atoms with Gasteiger partial charge in [0.15, 0.2) is 0 Å². The summed E-state index contributed by atoms with van der Waals surface area (Å²) >= 11 is 0. The first-order chi connectivity index (χ1) is 6.11. The minimum atomic E-state index is -1.66. The van der Waals surface area contributed by atoms with E-state index in [9.17, 15) is 14.4 Å². The lowest BCUT2D eigenvalue weighted by molar-refractivity contribution is -0.175. The van der Waals surface area contributed by atoms with Crippen LogP contribution in [0.2, 0.25) is 0 Å². The SMILES string of the molecule is N[O].O=C(O)ON1C(=O)CCC1=O. The van der Waals surface area contributed by atoms with E-state index in [4.69, 9.17) is 10.3 Å². The summed E-state index contributed by atoms with van der Waals surface area (Å²) in [6.45, 7) is 0. The van der Waals surface area contributed by atoms with E-state index in [2.05, 4.69) is 10.7 Å². The predicted molar refractivity (Wildman–Crippen MR) is 35.1 cm³/mol. The molecule has 0 saturated carbocycles. The van der Waals surface area contributed by atoms with Gasteiger partial charge in [0.25, 0.3) is 11.8 Å². The molecule has 0 bridgehead atoms. The topological polar surface area (TPSA) is 130 Å². The van der Waals surface area contributed by atoms with Gasteiger partial charge in [-0.3, -0.25) is 14.4 Å². The zero-order valence-corrected chi connectivity index (χ0v) is 6.43. The van der Waals surface area contributed by atoms with Crippen LogP contribution >= 0.6 is 0 Å². The van der Waals surface area contributed by atoms with E-state index in [0.717, 1.165) is 0 Å². The van der Waals surface area contributed by atoms with E-state index < -0.39 is 18.0 Å². The van der Waals surface area contributed by atoms with Gasteiger partial charge in [-0.2, -0.15) is 5.90 Å². The second-order valence-electron chi connectivity index (χ2n) is 1.94. The summed E-state index contributed by atoms with van der Waals surface area (Å²) in [5, 5.41) is 16.1. The molecule has 2 amide bonds. The third kappa shape index (κ3) is 3.05. The van der Waals surface area contributed by atoms with Gasteiger partial charge in [0.05, 0.1) is 0 Å². The number of hydrogen-bond donors (Lipinski definition) is 2. The number of carbonyl (C=O) groups is 3. The first kappa shape index (κ1) is 11.3. The third-order valence-corrected chi connectivity index (χ3v) is 1.18. The molecule has 0 unspecified atom stereocenters. The number of rotatable bonds is 1. The minimum absolute atomic E-state index is 0.0200. The fourth-order valence-corrected chi connectivity index (χ4v) is 0.736. The Morgan fingerprint density at radius 2 is 1.69 bits per heavy atom. The lowest BCUT2D eigenvalue weighted by atomic mass is 10.4. The van der Waals surface area contributed by atoms with E-state index in [-0.39, 0.29) is 17.9 Å². The molecule has 0 aromatic heterocycles. The second-order valence-corrected chi connectivity index (χ2v) is 1.94. The van der Waals surface area contributed by atoms with Crippen molar-refractivity contribution in [1.82, 2.24) is 5.06 Å². The molecular formula is C5H7N2O6. The molecule has 8 nitrogen and oxygen atoms in total. The molecule has 1 aliphatic rings. The number of amides is 2. The van der Waals surface area contributed by atoms with Crippen molar-refractivity contribution in [2.75, 3.05) is 0 Å². The Balaban J connectivity index is 0.000000671. The summed E-state index contributed by atoms with van der Waals surface area (Å²) in [4.78, 5) is 35.0. The molecule has 73 valence electrons. The number of hydrogen-bond acceptors (Lipinski definition) is 5. The Hall–Kier alpha value is -1.67. The zero-order chi connectivity index (χ0) is 10.4. The van der Waals surface area contributed by atoms with Crippen LogP contribution in [0.5, 0.6) is 0 Å². The smallest absolute Gasteiger partial charge is 0.448 e. The van der Waals surface area contributed by atoms with Crippen LogP contribution in [0.1, 0.15) is 12.8 Å². The van der Waals surface area contributed by atoms with Gasteiger partial charge in [-0.15, -0.1) is 5.21 Å². The van der Waals surface area contributed by atoms with Crippen molar-refractivity contribution in [1.29, 1.82) is 0 Å². The molecule has 0 aromatic carbocycles. The Labute approximate surface area is 72.4 Å². The lowest BCUT2D eigenvalue weighted by Crippen LogP contribution is -2.31. The summed E-state index contributed by atoms with van der Waals surface area (Å²) in [5.74, 6) is 2.02. The maximum Gasteiger partial charge on any atom is 0.531 e. The summed E-state index contributed by atoms with van der Waals surface area (Å²) in [6, 6.07) is 0. The molecule has 1 radical (unpaired) electrons. The van der Waals surface area contributed by atoms with E-state index in [1.165, 1.54) is 0 Å². The Kier molecular flexibility index (Phi) is 4.41. The molecule has 8 heteroatoms. The van der Waals surface area contributed by atoms with Gasteiger partial charge in [-0.1, -0.05) is 5.06 Å². The van der Waals surface area contributed by atoms with Crippen molar-refractivity contribution in [3.8, 4) is 0 Å². The Morgan fingerprint density at radius 3 is 2.00 bits per heavy atom. The van der Waals surface area contributed by atoms with E-state index >= 15 is 0 Å². The minimum Gasteiger partial charge on any atom is -0.448 e. The average Bonchev–Trinajstić information content (AvgIpc) is 2.39. The molecule has 0 aliphatic carbocycles. The van der Waals surface area contributed by atoms with Crippen LogP contribution in [0.25, 0.3) is 0 Å². The van der Waals surface area contributed by atoms with Crippen LogP contribution < -0.4 is 5.90 Å². The van der Waals surface area contributed by atoms with Gasteiger partial charge in [0.2, 0.25) is 0 Å². The van der Waals surface area contributed by atoms with Gasteiger partial charge < -0.3 is 5.11 Å². The second kappa shape index (κ2) is 5.06. The highest BCUT2D eigenvalue weighted by Gasteiger charge is 2.32. The normalized spacial score (nSPS) is 15.1. The molecule has 13 heavy (non-hydrogen) atoms. The summed E-state index contributed by atoms with van der Waals surface area (Å²) in [6.07, 6.45) is -1.62. The van der Waals surface area contributed by atoms with Crippen molar-refractivity contribution in [2.24, 2.45) is 5.90 Å². The zero-order valence-electron chi connectivity index (χ0n) is 6.43. The van der Waals surface area contributed by atoms with E-state index in [1.807, 2.05) is 0 Å². The first-order valence-corrected chi connectivity index (χ1v) is 3.11. The molecule has 1 rings (SSSR count). The largest absolute Gasteiger partial charge is 0.531 e. The summed E-state index contributed by atoms with van der Waals surface area (Å²) in [5.41, 5.74) is 0. The fourth-order valence-electron chi connectivity index (χ4n) is 0.736. The van der Waals surface area contributed by atoms with Crippen molar-refractivity contribution in [2.45, 2.75) is 12.8 Å². The average molecular weight is 191 g/mol. The number of hydroxylamine groups is 2. The van der Waals surface area contributed by atoms with Crippen molar-refractivity contribution in [3.05, 3.63) is 0 Å². The van der Waals surface area contributed by atoms with Crippen LogP contribution in [0, 0.1) is 0 Å². The van der Waals surface area contributed by atoms with Crippen LogP contribution in [-0.2, 0) is 19.6 Å². The Morgan fingerprint density at radius 1 is 1.31 bits per heavy atom. The molecule has 0 spiro atoms. The van der Waals surface area contributed by atoms with Crippen molar-refractivity contribution in [3.63, 3.8) is 0 Å². The maximum absolute atomic E-state index is 10.6. The number of nitrogens with zero attached hydrogens (tertiary/aromatic N) is 1. The van der Waals surface area contributed by atoms with Gasteiger partial charge in [0.1, 0.15) is 0 Å². The maximum atomic E-state index is 10.6. The standard InChI is InChI=1S/C5H5NO5.H2NO/c7-3-1-2-4(8)6(3)11-5(9)10;1-2/h1-2H2,(H,9,10);1H2. The molecule has 0 aromatic rings. The molecule has 3 N–H and O–H groups in total. The van der Waals surface area contributed by atoms with Crippen molar-refractivity contribution < 1.29 is 29.5 Å². The first-order valence-electron chi connectivity index (χ1n) is 3.11. The highest BCUT2D eigenvalue weighted by atomic mass is 16.8. The van der Waals surface area contributed by atoms with E-state index in [0.29, 0.717) is 0 Å². The van der Waals surface area contributed by atoms with Crippen LogP contribution in [0.4, 0.5) is 4.79 Å². The number of carboxylic acid groups (broad SMARTS) is 1. The number of imide groups is 1. The van der Waals surface area contributed by atoms with Gasteiger partial charge in [-0.05, 0) is 0 Å². The van der Waals surface area contributed by atoms with Crippen LogP contribution in [0.3, 0.4) is 0 Å². The number of nitrogens with two attached hydrogens (primary N) is 1. The molecule has 0 atom stereocenters. The van der Waals surface area contributed by atoms with Gasteiger partial charge in [0, 0.05) is 12.8 Å². The quantitative estimate of drug-likeness (QED) is 0.405. The lowest BCUT2D eigenvalue weighted by Gasteiger charge is -2.08. The fraction of sp³-hybridized carbons (Fsp3) is 0.400. The van der Waals surface area contributed by atoms with Gasteiger partial charge >= 0.3 is 6.16 Å². The summed E-state index contributed by atoms with van der Waals surface area (Å²) < 4.78 is 0. The molecular weight excluding hydrogens is 184 g/mol. The molecule has 1 fully saturated rings. The summed E-state index contributed by atoms with van der Waals surface area (Å²) in [7, 11) is 0. The molecule has 1 aliphatic heterocycles. The van der Waals surface area contributed by atoms with Crippen LogP contribution in [-0.4, -0.2) is 28.1 Å². The Bertz CT molecular complexity index is 211. The third-order valence-electron chi connectivity index (χ3n) is 1.18. The number of carbonyl (C=O) groups excluding carboxylic acids is 2. The van der Waals surface area contributed by atoms with E-state index in [1.54, 1.807) is 0 Å².